The number of pyridine rings is 1. The van der Waals surface area contributed by atoms with Crippen LogP contribution in [0.4, 0.5) is 11.5 Å². The van der Waals surface area contributed by atoms with E-state index >= 15 is 0 Å². The molecule has 0 aliphatic carbocycles. The van der Waals surface area contributed by atoms with Gasteiger partial charge in [0.15, 0.2) is 0 Å². The van der Waals surface area contributed by atoms with Gasteiger partial charge in [-0.05, 0) is 43.2 Å². The Bertz CT molecular complexity index is 743. The van der Waals surface area contributed by atoms with Crippen molar-refractivity contribution in [2.24, 2.45) is 0 Å². The summed E-state index contributed by atoms with van der Waals surface area (Å²) in [4.78, 5) is 4.16. The van der Waals surface area contributed by atoms with E-state index in [0.717, 1.165) is 5.56 Å². The van der Waals surface area contributed by atoms with Crippen LogP contribution in [0, 0.1) is 13.8 Å². The average Bonchev–Trinajstić information content (AvgIpc) is 2.36. The number of anilines is 2. The molecule has 0 fully saturated rings. The van der Waals surface area contributed by atoms with Crippen LogP contribution in [0.15, 0.2) is 39.8 Å². The number of nitrogen functional groups attached to an aromatic ring is 1. The van der Waals surface area contributed by atoms with Gasteiger partial charge in [0.25, 0.3) is 10.0 Å². The number of hydrogen-bond acceptors (Lipinski definition) is 4. The van der Waals surface area contributed by atoms with Gasteiger partial charge in [0, 0.05) is 16.4 Å². The summed E-state index contributed by atoms with van der Waals surface area (Å²) in [6.07, 6.45) is 1.60. The molecule has 0 spiro atoms. The number of hydrogen-bond donors (Lipinski definition) is 2. The minimum atomic E-state index is -3.72. The standard InChI is InChI=1S/C13H14BrN3O2S/c1-8-3-4-13(16-7-8)17-20(18,19)12-6-10(14)5-11(15)9(12)2/h3-7H,15H2,1-2H3,(H,16,17). The van der Waals surface area contributed by atoms with Gasteiger partial charge in [-0.25, -0.2) is 13.4 Å². The van der Waals surface area contributed by atoms with Crippen LogP contribution in [-0.4, -0.2) is 13.4 Å². The number of sulfonamides is 1. The van der Waals surface area contributed by atoms with Crippen molar-refractivity contribution in [3.8, 4) is 0 Å². The molecule has 0 atom stereocenters. The summed E-state index contributed by atoms with van der Waals surface area (Å²) in [5.41, 5.74) is 7.67. The summed E-state index contributed by atoms with van der Waals surface area (Å²) in [6, 6.07) is 6.58. The van der Waals surface area contributed by atoms with Crippen LogP contribution >= 0.6 is 15.9 Å². The van der Waals surface area contributed by atoms with Crippen LogP contribution in [0.2, 0.25) is 0 Å². The Kier molecular flexibility index (Phi) is 4.01. The number of aromatic nitrogens is 1. The molecule has 0 saturated carbocycles. The number of nitrogens with zero attached hydrogens (tertiary/aromatic N) is 1. The molecule has 106 valence electrons. The fourth-order valence-electron chi connectivity index (χ4n) is 1.67. The van der Waals surface area contributed by atoms with Crippen LogP contribution < -0.4 is 10.5 Å². The van der Waals surface area contributed by atoms with E-state index in [4.69, 9.17) is 5.73 Å². The topological polar surface area (TPSA) is 85.1 Å². The third-order valence-electron chi connectivity index (χ3n) is 2.80. The van der Waals surface area contributed by atoms with E-state index in [9.17, 15) is 8.42 Å². The van der Waals surface area contributed by atoms with Crippen molar-refractivity contribution in [1.29, 1.82) is 0 Å². The molecule has 5 nitrogen and oxygen atoms in total. The largest absolute Gasteiger partial charge is 0.398 e. The monoisotopic (exact) mass is 355 g/mol. The van der Waals surface area contributed by atoms with Crippen LogP contribution in [0.3, 0.4) is 0 Å². The van der Waals surface area contributed by atoms with E-state index in [0.29, 0.717) is 15.7 Å². The highest BCUT2D eigenvalue weighted by atomic mass is 79.9. The highest BCUT2D eigenvalue weighted by molar-refractivity contribution is 9.10. The van der Waals surface area contributed by atoms with Gasteiger partial charge in [-0.3, -0.25) is 4.72 Å². The molecule has 1 aromatic carbocycles. The van der Waals surface area contributed by atoms with Crippen molar-refractivity contribution in [3.63, 3.8) is 0 Å². The Hall–Kier alpha value is -1.60. The second kappa shape index (κ2) is 5.41. The molecule has 1 aromatic heterocycles. The van der Waals surface area contributed by atoms with E-state index in [2.05, 4.69) is 25.6 Å². The Morgan fingerprint density at radius 2 is 1.95 bits per heavy atom. The van der Waals surface area contributed by atoms with Crippen molar-refractivity contribution < 1.29 is 8.42 Å². The Morgan fingerprint density at radius 3 is 2.55 bits per heavy atom. The molecule has 0 amide bonds. The predicted octanol–water partition coefficient (Wildman–Crippen LogP) is 2.84. The SMILES string of the molecule is Cc1ccc(NS(=O)(=O)c2cc(Br)cc(N)c2C)nc1. The minimum Gasteiger partial charge on any atom is -0.398 e. The average molecular weight is 356 g/mol. The fraction of sp³-hybridized carbons (Fsp3) is 0.154. The van der Waals surface area contributed by atoms with Crippen molar-refractivity contribution in [3.05, 3.63) is 46.1 Å². The minimum absolute atomic E-state index is 0.131. The Morgan fingerprint density at radius 1 is 1.25 bits per heavy atom. The number of nitrogens with two attached hydrogens (primary N) is 1. The molecule has 1 heterocycles. The molecule has 0 saturated heterocycles. The van der Waals surface area contributed by atoms with E-state index in [1.165, 1.54) is 6.07 Å². The smallest absolute Gasteiger partial charge is 0.263 e. The Balaban J connectivity index is 2.43. The van der Waals surface area contributed by atoms with Crippen molar-refractivity contribution in [1.82, 2.24) is 4.98 Å². The lowest BCUT2D eigenvalue weighted by molar-refractivity contribution is 0.600. The van der Waals surface area contributed by atoms with Gasteiger partial charge in [0.05, 0.1) is 4.90 Å². The summed E-state index contributed by atoms with van der Waals surface area (Å²) in [6.45, 7) is 3.54. The maximum atomic E-state index is 12.4. The molecular formula is C13H14BrN3O2S. The van der Waals surface area contributed by atoms with Crippen LogP contribution in [0.1, 0.15) is 11.1 Å². The third-order valence-corrected chi connectivity index (χ3v) is 4.74. The van der Waals surface area contributed by atoms with Crippen molar-refractivity contribution >= 4 is 37.5 Å². The van der Waals surface area contributed by atoms with Crippen molar-refractivity contribution in [2.75, 3.05) is 10.5 Å². The van der Waals surface area contributed by atoms with Crippen LogP contribution in [0.25, 0.3) is 0 Å². The lowest BCUT2D eigenvalue weighted by Gasteiger charge is -2.12. The number of halogens is 1. The lowest BCUT2D eigenvalue weighted by Crippen LogP contribution is -2.16. The van der Waals surface area contributed by atoms with Crippen molar-refractivity contribution in [2.45, 2.75) is 18.7 Å². The number of aryl methyl sites for hydroxylation is 1. The van der Waals surface area contributed by atoms with Gasteiger partial charge in [-0.1, -0.05) is 22.0 Å². The van der Waals surface area contributed by atoms with Crippen LogP contribution in [-0.2, 0) is 10.0 Å². The number of benzene rings is 1. The van der Waals surface area contributed by atoms with E-state index < -0.39 is 10.0 Å². The van der Waals surface area contributed by atoms with Gasteiger partial charge >= 0.3 is 0 Å². The normalized spacial score (nSPS) is 11.3. The first-order valence-electron chi connectivity index (χ1n) is 5.81. The molecule has 0 unspecified atom stereocenters. The highest BCUT2D eigenvalue weighted by Crippen LogP contribution is 2.27. The molecule has 2 rings (SSSR count). The molecular weight excluding hydrogens is 342 g/mol. The summed E-state index contributed by atoms with van der Waals surface area (Å²) in [7, 11) is -3.72. The molecule has 20 heavy (non-hydrogen) atoms. The molecule has 0 bridgehead atoms. The second-order valence-corrected chi connectivity index (χ2v) is 7.01. The zero-order valence-corrected chi connectivity index (χ0v) is 13.4. The van der Waals surface area contributed by atoms with E-state index in [1.54, 1.807) is 31.3 Å². The van der Waals surface area contributed by atoms with Gasteiger partial charge in [-0.15, -0.1) is 0 Å². The first kappa shape index (κ1) is 14.8. The van der Waals surface area contributed by atoms with Crippen LogP contribution in [0.5, 0.6) is 0 Å². The number of nitrogens with one attached hydrogen (secondary N) is 1. The van der Waals surface area contributed by atoms with E-state index in [-0.39, 0.29) is 10.7 Å². The van der Waals surface area contributed by atoms with E-state index in [1.807, 2.05) is 6.92 Å². The van der Waals surface area contributed by atoms with Gasteiger partial charge in [0.2, 0.25) is 0 Å². The van der Waals surface area contributed by atoms with Gasteiger partial charge in [0.1, 0.15) is 5.82 Å². The van der Waals surface area contributed by atoms with Gasteiger partial charge in [-0.2, -0.15) is 0 Å². The maximum absolute atomic E-state index is 12.4. The molecule has 0 aliphatic heterocycles. The number of rotatable bonds is 3. The first-order chi connectivity index (χ1) is 9.29. The molecule has 0 aliphatic rings. The zero-order valence-electron chi connectivity index (χ0n) is 11.0. The fourth-order valence-corrected chi connectivity index (χ4v) is 3.61. The molecule has 3 N–H and O–H groups in total. The molecule has 0 radical (unpaired) electrons. The highest BCUT2D eigenvalue weighted by Gasteiger charge is 2.19. The molecule has 2 aromatic rings. The summed E-state index contributed by atoms with van der Waals surface area (Å²) >= 11 is 3.25. The third kappa shape index (κ3) is 3.10. The predicted molar refractivity (Wildman–Crippen MR) is 83.1 cm³/mol. The first-order valence-corrected chi connectivity index (χ1v) is 8.08. The Labute approximate surface area is 126 Å². The molecule has 7 heteroatoms. The summed E-state index contributed by atoms with van der Waals surface area (Å²) in [5.74, 6) is 0.272. The summed E-state index contributed by atoms with van der Waals surface area (Å²) in [5, 5.41) is 0. The maximum Gasteiger partial charge on any atom is 0.263 e. The van der Waals surface area contributed by atoms with Gasteiger partial charge < -0.3 is 5.73 Å². The quantitative estimate of drug-likeness (QED) is 0.829. The summed E-state index contributed by atoms with van der Waals surface area (Å²) < 4.78 is 27.8. The lowest BCUT2D eigenvalue weighted by atomic mass is 10.2. The zero-order chi connectivity index (χ0) is 14.9. The second-order valence-electron chi connectivity index (χ2n) is 4.44.